The zero-order valence-corrected chi connectivity index (χ0v) is 10.9. The summed E-state index contributed by atoms with van der Waals surface area (Å²) in [5, 5.41) is 3.34. The number of benzene rings is 2. The summed E-state index contributed by atoms with van der Waals surface area (Å²) in [5.74, 6) is 1.47. The average molecular weight is 241 g/mol. The maximum absolute atomic E-state index is 5.64. The Hall–Kier alpha value is -1.96. The first kappa shape index (κ1) is 12.5. The van der Waals surface area contributed by atoms with Gasteiger partial charge in [-0.15, -0.1) is 0 Å². The van der Waals surface area contributed by atoms with Crippen molar-refractivity contribution in [2.45, 2.75) is 13.8 Å². The van der Waals surface area contributed by atoms with Crippen LogP contribution in [0.25, 0.3) is 0 Å². The van der Waals surface area contributed by atoms with Crippen molar-refractivity contribution in [3.8, 4) is 5.75 Å². The Bertz CT molecular complexity index is 462. The Morgan fingerprint density at radius 3 is 2.11 bits per heavy atom. The number of para-hydroxylation sites is 1. The van der Waals surface area contributed by atoms with E-state index in [1.54, 1.807) is 0 Å². The van der Waals surface area contributed by atoms with E-state index in [-0.39, 0.29) is 0 Å². The monoisotopic (exact) mass is 241 g/mol. The van der Waals surface area contributed by atoms with E-state index in [1.165, 1.54) is 0 Å². The van der Waals surface area contributed by atoms with Crippen LogP contribution in [0.3, 0.4) is 0 Å². The molecule has 2 aromatic carbocycles. The van der Waals surface area contributed by atoms with E-state index in [0.29, 0.717) is 5.92 Å². The summed E-state index contributed by atoms with van der Waals surface area (Å²) >= 11 is 0. The van der Waals surface area contributed by atoms with Gasteiger partial charge in [0.05, 0.1) is 6.61 Å². The molecule has 0 unspecified atom stereocenters. The molecular weight excluding hydrogens is 222 g/mol. The fourth-order valence-electron chi connectivity index (χ4n) is 1.59. The van der Waals surface area contributed by atoms with Crippen LogP contribution in [0.2, 0.25) is 0 Å². The van der Waals surface area contributed by atoms with Crippen LogP contribution >= 0.6 is 0 Å². The van der Waals surface area contributed by atoms with E-state index in [1.807, 2.05) is 54.6 Å². The third kappa shape index (κ3) is 3.81. The van der Waals surface area contributed by atoms with Crippen LogP contribution in [0.1, 0.15) is 13.8 Å². The van der Waals surface area contributed by atoms with Gasteiger partial charge in [-0.25, -0.2) is 0 Å². The first-order valence-electron chi connectivity index (χ1n) is 6.29. The highest BCUT2D eigenvalue weighted by Crippen LogP contribution is 2.20. The zero-order valence-electron chi connectivity index (χ0n) is 10.9. The van der Waals surface area contributed by atoms with E-state index >= 15 is 0 Å². The van der Waals surface area contributed by atoms with Crippen molar-refractivity contribution in [2.24, 2.45) is 5.92 Å². The van der Waals surface area contributed by atoms with Gasteiger partial charge in [0, 0.05) is 11.4 Å². The molecule has 0 aromatic heterocycles. The molecule has 0 aliphatic heterocycles. The third-order valence-electron chi connectivity index (χ3n) is 2.50. The topological polar surface area (TPSA) is 21.3 Å². The summed E-state index contributed by atoms with van der Waals surface area (Å²) in [5.41, 5.74) is 2.16. The molecule has 0 aliphatic carbocycles. The van der Waals surface area contributed by atoms with Gasteiger partial charge in [0.2, 0.25) is 0 Å². The van der Waals surface area contributed by atoms with Crippen molar-refractivity contribution in [3.05, 3.63) is 54.6 Å². The van der Waals surface area contributed by atoms with Gasteiger partial charge in [-0.3, -0.25) is 0 Å². The molecule has 0 bridgehead atoms. The van der Waals surface area contributed by atoms with Crippen LogP contribution in [0.4, 0.5) is 11.4 Å². The smallest absolute Gasteiger partial charge is 0.119 e. The fourth-order valence-corrected chi connectivity index (χ4v) is 1.59. The third-order valence-corrected chi connectivity index (χ3v) is 2.50. The van der Waals surface area contributed by atoms with Gasteiger partial charge in [-0.2, -0.15) is 0 Å². The molecular formula is C16H19NO. The molecule has 2 nitrogen and oxygen atoms in total. The second-order valence-electron chi connectivity index (χ2n) is 4.72. The maximum Gasteiger partial charge on any atom is 0.119 e. The molecule has 18 heavy (non-hydrogen) atoms. The van der Waals surface area contributed by atoms with Crippen LogP contribution in [0.5, 0.6) is 5.75 Å². The quantitative estimate of drug-likeness (QED) is 0.834. The van der Waals surface area contributed by atoms with E-state index in [0.717, 1.165) is 23.7 Å². The molecule has 0 aliphatic rings. The lowest BCUT2D eigenvalue weighted by Crippen LogP contribution is -2.04. The van der Waals surface area contributed by atoms with Gasteiger partial charge in [-0.1, -0.05) is 32.0 Å². The number of hydrogen-bond acceptors (Lipinski definition) is 2. The molecule has 2 rings (SSSR count). The summed E-state index contributed by atoms with van der Waals surface area (Å²) < 4.78 is 5.64. The predicted molar refractivity (Wildman–Crippen MR) is 76.5 cm³/mol. The van der Waals surface area contributed by atoms with Crippen LogP contribution < -0.4 is 10.1 Å². The first-order valence-corrected chi connectivity index (χ1v) is 6.29. The van der Waals surface area contributed by atoms with Gasteiger partial charge in [-0.05, 0) is 42.3 Å². The molecule has 0 radical (unpaired) electrons. The van der Waals surface area contributed by atoms with Crippen LogP contribution in [-0.4, -0.2) is 6.61 Å². The largest absolute Gasteiger partial charge is 0.493 e. The lowest BCUT2D eigenvalue weighted by atomic mass is 10.2. The average Bonchev–Trinajstić information content (AvgIpc) is 2.39. The van der Waals surface area contributed by atoms with Crippen LogP contribution in [0.15, 0.2) is 54.6 Å². The lowest BCUT2D eigenvalue weighted by molar-refractivity contribution is 0.271. The van der Waals surface area contributed by atoms with Crippen molar-refractivity contribution in [1.82, 2.24) is 0 Å². The summed E-state index contributed by atoms with van der Waals surface area (Å²) in [6.07, 6.45) is 0. The van der Waals surface area contributed by atoms with Gasteiger partial charge in [0.1, 0.15) is 5.75 Å². The normalized spacial score (nSPS) is 10.4. The van der Waals surface area contributed by atoms with Crippen molar-refractivity contribution < 1.29 is 4.74 Å². The zero-order chi connectivity index (χ0) is 12.8. The highest BCUT2D eigenvalue weighted by Gasteiger charge is 1.98. The molecule has 2 heteroatoms. The molecule has 1 N–H and O–H groups in total. The molecule has 0 fully saturated rings. The van der Waals surface area contributed by atoms with Crippen molar-refractivity contribution >= 4 is 11.4 Å². The molecule has 0 atom stereocenters. The van der Waals surface area contributed by atoms with E-state index in [2.05, 4.69) is 19.2 Å². The maximum atomic E-state index is 5.64. The molecule has 0 saturated carbocycles. The number of nitrogens with one attached hydrogen (secondary N) is 1. The van der Waals surface area contributed by atoms with Crippen LogP contribution in [0, 0.1) is 5.92 Å². The molecule has 0 saturated heterocycles. The first-order chi connectivity index (χ1) is 8.74. The second kappa shape index (κ2) is 6.10. The highest BCUT2D eigenvalue weighted by molar-refractivity contribution is 5.59. The molecule has 0 spiro atoms. The van der Waals surface area contributed by atoms with Crippen molar-refractivity contribution in [2.75, 3.05) is 11.9 Å². The Morgan fingerprint density at radius 2 is 1.50 bits per heavy atom. The minimum Gasteiger partial charge on any atom is -0.493 e. The minimum atomic E-state index is 0.548. The Balaban J connectivity index is 1.95. The molecule has 0 amide bonds. The molecule has 2 aromatic rings. The van der Waals surface area contributed by atoms with Crippen molar-refractivity contribution in [1.29, 1.82) is 0 Å². The van der Waals surface area contributed by atoms with E-state index in [4.69, 9.17) is 4.74 Å². The number of ether oxygens (including phenoxy) is 1. The summed E-state index contributed by atoms with van der Waals surface area (Å²) in [6.45, 7) is 5.04. The summed E-state index contributed by atoms with van der Waals surface area (Å²) in [4.78, 5) is 0. The Labute approximate surface area is 109 Å². The predicted octanol–water partition coefficient (Wildman–Crippen LogP) is 4.47. The summed E-state index contributed by atoms with van der Waals surface area (Å²) in [7, 11) is 0. The SMILES string of the molecule is CC(C)COc1ccc(Nc2ccccc2)cc1. The van der Waals surface area contributed by atoms with Gasteiger partial charge in [0.15, 0.2) is 0 Å². The Morgan fingerprint density at radius 1 is 0.889 bits per heavy atom. The highest BCUT2D eigenvalue weighted by atomic mass is 16.5. The molecule has 94 valence electrons. The number of anilines is 2. The minimum absolute atomic E-state index is 0.548. The number of rotatable bonds is 5. The van der Waals surface area contributed by atoms with E-state index < -0.39 is 0 Å². The van der Waals surface area contributed by atoms with Gasteiger partial charge >= 0.3 is 0 Å². The fraction of sp³-hybridized carbons (Fsp3) is 0.250. The molecule has 0 heterocycles. The van der Waals surface area contributed by atoms with Crippen molar-refractivity contribution in [3.63, 3.8) is 0 Å². The van der Waals surface area contributed by atoms with Gasteiger partial charge < -0.3 is 10.1 Å². The lowest BCUT2D eigenvalue weighted by Gasteiger charge is -2.10. The Kier molecular flexibility index (Phi) is 4.24. The number of hydrogen-bond donors (Lipinski definition) is 1. The van der Waals surface area contributed by atoms with Crippen LogP contribution in [-0.2, 0) is 0 Å². The second-order valence-corrected chi connectivity index (χ2v) is 4.72. The van der Waals surface area contributed by atoms with E-state index in [9.17, 15) is 0 Å². The van der Waals surface area contributed by atoms with Gasteiger partial charge in [0.25, 0.3) is 0 Å². The standard InChI is InChI=1S/C16H19NO/c1-13(2)12-18-16-10-8-15(9-11-16)17-14-6-4-3-5-7-14/h3-11,13,17H,12H2,1-2H3. The summed E-state index contributed by atoms with van der Waals surface area (Å²) in [6, 6.07) is 18.2.